The number of amides is 1. The lowest BCUT2D eigenvalue weighted by Gasteiger charge is -2.11. The van der Waals surface area contributed by atoms with Crippen LogP contribution in [-0.2, 0) is 17.6 Å². The van der Waals surface area contributed by atoms with E-state index >= 15 is 0 Å². The van der Waals surface area contributed by atoms with Crippen molar-refractivity contribution in [2.45, 2.75) is 12.8 Å². The predicted molar refractivity (Wildman–Crippen MR) is 81.3 cm³/mol. The van der Waals surface area contributed by atoms with E-state index in [4.69, 9.17) is 4.84 Å². The molecular weight excluding hydrogens is 342 g/mol. The number of oxime groups is 1. The SMILES string of the molecule is O=C(NCC=NOCc1ccc(F)cc1)c1cnccc1C(F)(F)F. The third-order valence-corrected chi connectivity index (χ3v) is 3.02. The molecule has 1 amide bonds. The van der Waals surface area contributed by atoms with E-state index in [0.29, 0.717) is 5.56 Å². The Kier molecular flexibility index (Phi) is 6.04. The molecule has 0 atom stereocenters. The van der Waals surface area contributed by atoms with Gasteiger partial charge in [0.05, 0.1) is 23.9 Å². The molecular formula is C16H13F4N3O2. The molecule has 0 aliphatic heterocycles. The molecule has 0 spiro atoms. The number of halogens is 4. The number of nitrogens with zero attached hydrogens (tertiary/aromatic N) is 2. The van der Waals surface area contributed by atoms with E-state index in [-0.39, 0.29) is 19.0 Å². The summed E-state index contributed by atoms with van der Waals surface area (Å²) in [5, 5.41) is 5.81. The third-order valence-electron chi connectivity index (χ3n) is 3.02. The van der Waals surface area contributed by atoms with Crippen LogP contribution >= 0.6 is 0 Å². The minimum Gasteiger partial charge on any atom is -0.391 e. The summed E-state index contributed by atoms with van der Waals surface area (Å²) in [6.45, 7) is -0.0417. The monoisotopic (exact) mass is 355 g/mol. The van der Waals surface area contributed by atoms with Gasteiger partial charge in [-0.25, -0.2) is 4.39 Å². The number of nitrogens with one attached hydrogen (secondary N) is 1. The first-order valence-corrected chi connectivity index (χ1v) is 7.05. The lowest BCUT2D eigenvalue weighted by atomic mass is 10.1. The van der Waals surface area contributed by atoms with Crippen molar-refractivity contribution in [2.75, 3.05) is 6.54 Å². The van der Waals surface area contributed by atoms with Gasteiger partial charge < -0.3 is 10.2 Å². The summed E-state index contributed by atoms with van der Waals surface area (Å²) in [6.07, 6.45) is -1.66. The van der Waals surface area contributed by atoms with E-state index in [1.807, 2.05) is 0 Å². The van der Waals surface area contributed by atoms with Crippen molar-refractivity contribution in [2.24, 2.45) is 5.16 Å². The molecule has 0 saturated carbocycles. The Labute approximate surface area is 140 Å². The molecule has 9 heteroatoms. The number of pyridine rings is 1. The standard InChI is InChI=1S/C16H13F4N3O2/c17-12-3-1-11(2-4-12)10-25-23-8-7-22-15(24)13-9-21-6-5-14(13)16(18,19)20/h1-6,8-9H,7,10H2,(H,22,24). The Morgan fingerprint density at radius 1 is 1.24 bits per heavy atom. The van der Waals surface area contributed by atoms with Crippen LogP contribution in [0.15, 0.2) is 47.9 Å². The van der Waals surface area contributed by atoms with Gasteiger partial charge in [0.15, 0.2) is 0 Å². The Hall–Kier alpha value is -2.97. The van der Waals surface area contributed by atoms with Crippen molar-refractivity contribution in [1.29, 1.82) is 0 Å². The smallest absolute Gasteiger partial charge is 0.391 e. The van der Waals surface area contributed by atoms with Gasteiger partial charge in [0.25, 0.3) is 5.91 Å². The summed E-state index contributed by atoms with van der Waals surface area (Å²) in [7, 11) is 0. The molecule has 132 valence electrons. The average Bonchev–Trinajstić information content (AvgIpc) is 2.58. The number of alkyl halides is 3. The zero-order valence-electron chi connectivity index (χ0n) is 12.8. The molecule has 1 aromatic carbocycles. The van der Waals surface area contributed by atoms with Gasteiger partial charge >= 0.3 is 6.18 Å². The van der Waals surface area contributed by atoms with Crippen molar-refractivity contribution >= 4 is 12.1 Å². The first-order chi connectivity index (χ1) is 11.9. The van der Waals surface area contributed by atoms with Crippen LogP contribution in [0.4, 0.5) is 17.6 Å². The molecule has 0 radical (unpaired) electrons. The molecule has 2 aromatic rings. The number of hydrogen-bond acceptors (Lipinski definition) is 4. The molecule has 0 saturated heterocycles. The fourth-order valence-electron chi connectivity index (χ4n) is 1.84. The topological polar surface area (TPSA) is 63.6 Å². The second-order valence-electron chi connectivity index (χ2n) is 4.82. The minimum absolute atomic E-state index is 0.0888. The number of carbonyl (C=O) groups is 1. The number of hydrogen-bond donors (Lipinski definition) is 1. The first-order valence-electron chi connectivity index (χ1n) is 7.05. The number of aromatic nitrogens is 1. The van der Waals surface area contributed by atoms with Crippen LogP contribution in [0.25, 0.3) is 0 Å². The fraction of sp³-hybridized carbons (Fsp3) is 0.188. The second kappa shape index (κ2) is 8.22. The summed E-state index contributed by atoms with van der Waals surface area (Å²) in [5.41, 5.74) is -0.951. The quantitative estimate of drug-likeness (QED) is 0.492. The third kappa shape index (κ3) is 5.55. The highest BCUT2D eigenvalue weighted by molar-refractivity contribution is 5.96. The van der Waals surface area contributed by atoms with Crippen molar-refractivity contribution < 1.29 is 27.2 Å². The molecule has 1 aromatic heterocycles. The molecule has 0 fully saturated rings. The minimum atomic E-state index is -4.65. The van der Waals surface area contributed by atoms with Gasteiger partial charge in [-0.05, 0) is 23.8 Å². The van der Waals surface area contributed by atoms with E-state index < -0.39 is 23.2 Å². The van der Waals surface area contributed by atoms with Gasteiger partial charge in [-0.2, -0.15) is 13.2 Å². The molecule has 1 heterocycles. The lowest BCUT2D eigenvalue weighted by molar-refractivity contribution is -0.138. The second-order valence-corrected chi connectivity index (χ2v) is 4.82. The van der Waals surface area contributed by atoms with Gasteiger partial charge in [-0.15, -0.1) is 0 Å². The molecule has 0 bridgehead atoms. The van der Waals surface area contributed by atoms with E-state index in [0.717, 1.165) is 18.5 Å². The van der Waals surface area contributed by atoms with Crippen molar-refractivity contribution in [3.8, 4) is 0 Å². The summed E-state index contributed by atoms with van der Waals surface area (Å²) >= 11 is 0. The van der Waals surface area contributed by atoms with E-state index in [1.165, 1.54) is 30.5 Å². The normalized spacial score (nSPS) is 11.5. The average molecular weight is 355 g/mol. The van der Waals surface area contributed by atoms with Crippen LogP contribution in [0.3, 0.4) is 0 Å². The molecule has 5 nitrogen and oxygen atoms in total. The van der Waals surface area contributed by atoms with Gasteiger partial charge in [-0.1, -0.05) is 17.3 Å². The fourth-order valence-corrected chi connectivity index (χ4v) is 1.84. The maximum Gasteiger partial charge on any atom is 0.417 e. The molecule has 0 aliphatic carbocycles. The highest BCUT2D eigenvalue weighted by atomic mass is 19.4. The van der Waals surface area contributed by atoms with Gasteiger partial charge in [0, 0.05) is 12.4 Å². The number of benzene rings is 1. The molecule has 1 N–H and O–H groups in total. The Balaban J connectivity index is 1.82. The number of rotatable bonds is 6. The van der Waals surface area contributed by atoms with Crippen molar-refractivity contribution in [1.82, 2.24) is 10.3 Å². The van der Waals surface area contributed by atoms with Crippen LogP contribution in [0.5, 0.6) is 0 Å². The van der Waals surface area contributed by atoms with Crippen molar-refractivity contribution in [3.63, 3.8) is 0 Å². The van der Waals surface area contributed by atoms with Crippen LogP contribution < -0.4 is 5.32 Å². The summed E-state index contributed by atoms with van der Waals surface area (Å²) in [5.74, 6) is -1.30. The van der Waals surface area contributed by atoms with Crippen LogP contribution in [0.1, 0.15) is 21.5 Å². The molecule has 0 aliphatic rings. The van der Waals surface area contributed by atoms with Crippen LogP contribution in [0, 0.1) is 5.82 Å². The van der Waals surface area contributed by atoms with E-state index in [2.05, 4.69) is 15.5 Å². The molecule has 2 rings (SSSR count). The van der Waals surface area contributed by atoms with Gasteiger partial charge in [0.1, 0.15) is 12.4 Å². The Morgan fingerprint density at radius 2 is 1.96 bits per heavy atom. The van der Waals surface area contributed by atoms with Crippen LogP contribution in [-0.4, -0.2) is 23.7 Å². The Bertz CT molecular complexity index is 746. The van der Waals surface area contributed by atoms with E-state index in [1.54, 1.807) is 0 Å². The van der Waals surface area contributed by atoms with E-state index in [9.17, 15) is 22.4 Å². The maximum atomic E-state index is 12.8. The van der Waals surface area contributed by atoms with Gasteiger partial charge in [0.2, 0.25) is 0 Å². The summed E-state index contributed by atoms with van der Waals surface area (Å²) < 4.78 is 51.1. The van der Waals surface area contributed by atoms with Crippen molar-refractivity contribution in [3.05, 3.63) is 65.2 Å². The molecule has 25 heavy (non-hydrogen) atoms. The van der Waals surface area contributed by atoms with Crippen LogP contribution in [0.2, 0.25) is 0 Å². The molecule has 0 unspecified atom stereocenters. The zero-order valence-corrected chi connectivity index (χ0v) is 12.8. The number of carbonyl (C=O) groups excluding carboxylic acids is 1. The highest BCUT2D eigenvalue weighted by Gasteiger charge is 2.35. The summed E-state index contributed by atoms with van der Waals surface area (Å²) in [4.78, 5) is 20.3. The summed E-state index contributed by atoms with van der Waals surface area (Å²) in [6, 6.07) is 6.32. The largest absolute Gasteiger partial charge is 0.417 e. The lowest BCUT2D eigenvalue weighted by Crippen LogP contribution is -2.28. The maximum absolute atomic E-state index is 12.8. The first kappa shape index (κ1) is 18.4. The Morgan fingerprint density at radius 3 is 2.64 bits per heavy atom. The highest BCUT2D eigenvalue weighted by Crippen LogP contribution is 2.31. The zero-order chi connectivity index (χ0) is 18.3. The van der Waals surface area contributed by atoms with Gasteiger partial charge in [-0.3, -0.25) is 9.78 Å². The predicted octanol–water partition coefficient (Wildman–Crippen LogP) is 3.17.